The summed E-state index contributed by atoms with van der Waals surface area (Å²) in [6, 6.07) is 3.61. The molecule has 0 aliphatic carbocycles. The SMILES string of the molecule is O=C(Nc1ccc(Br)cn1)C1CCCN(C(=O)C2CCCNC2)C1. The Bertz CT molecular complexity index is 587. The number of carbonyl (C=O) groups is 2. The molecule has 0 radical (unpaired) electrons. The summed E-state index contributed by atoms with van der Waals surface area (Å²) < 4.78 is 0.871. The van der Waals surface area contributed by atoms with Gasteiger partial charge < -0.3 is 15.5 Å². The van der Waals surface area contributed by atoms with E-state index in [2.05, 4.69) is 31.5 Å². The zero-order valence-corrected chi connectivity index (χ0v) is 15.2. The average Bonchev–Trinajstić information content (AvgIpc) is 2.64. The number of carbonyl (C=O) groups excluding carboxylic acids is 2. The third-order valence-electron chi connectivity index (χ3n) is 4.73. The fourth-order valence-electron chi connectivity index (χ4n) is 3.39. The summed E-state index contributed by atoms with van der Waals surface area (Å²) in [7, 11) is 0. The molecule has 6 nitrogen and oxygen atoms in total. The van der Waals surface area contributed by atoms with Gasteiger partial charge in [-0.2, -0.15) is 0 Å². The molecule has 24 heavy (non-hydrogen) atoms. The van der Waals surface area contributed by atoms with Crippen LogP contribution in [-0.2, 0) is 9.59 Å². The highest BCUT2D eigenvalue weighted by atomic mass is 79.9. The number of anilines is 1. The van der Waals surface area contributed by atoms with Crippen LogP contribution < -0.4 is 10.6 Å². The monoisotopic (exact) mass is 394 g/mol. The van der Waals surface area contributed by atoms with Gasteiger partial charge in [-0.1, -0.05) is 0 Å². The summed E-state index contributed by atoms with van der Waals surface area (Å²) >= 11 is 3.33. The first-order chi connectivity index (χ1) is 11.6. The van der Waals surface area contributed by atoms with E-state index in [4.69, 9.17) is 0 Å². The number of nitrogens with one attached hydrogen (secondary N) is 2. The van der Waals surface area contributed by atoms with E-state index >= 15 is 0 Å². The third-order valence-corrected chi connectivity index (χ3v) is 5.20. The van der Waals surface area contributed by atoms with Crippen LogP contribution in [0.3, 0.4) is 0 Å². The van der Waals surface area contributed by atoms with E-state index < -0.39 is 0 Å². The Morgan fingerprint density at radius 3 is 2.79 bits per heavy atom. The highest BCUT2D eigenvalue weighted by Crippen LogP contribution is 2.22. The highest BCUT2D eigenvalue weighted by Gasteiger charge is 2.32. The number of likely N-dealkylation sites (tertiary alicyclic amines) is 1. The number of pyridine rings is 1. The molecule has 130 valence electrons. The molecule has 0 spiro atoms. The van der Waals surface area contributed by atoms with Crippen LogP contribution in [0.1, 0.15) is 25.7 Å². The zero-order valence-electron chi connectivity index (χ0n) is 13.6. The number of piperidine rings is 2. The second-order valence-electron chi connectivity index (χ2n) is 6.52. The molecule has 7 heteroatoms. The van der Waals surface area contributed by atoms with Gasteiger partial charge in [-0.15, -0.1) is 0 Å². The van der Waals surface area contributed by atoms with Crippen molar-refractivity contribution in [3.05, 3.63) is 22.8 Å². The van der Waals surface area contributed by atoms with Crippen LogP contribution in [0, 0.1) is 11.8 Å². The normalized spacial score (nSPS) is 24.5. The van der Waals surface area contributed by atoms with Gasteiger partial charge in [0, 0.05) is 30.3 Å². The molecule has 2 fully saturated rings. The van der Waals surface area contributed by atoms with E-state index in [9.17, 15) is 9.59 Å². The van der Waals surface area contributed by atoms with Crippen LogP contribution in [0.2, 0.25) is 0 Å². The van der Waals surface area contributed by atoms with Crippen molar-refractivity contribution >= 4 is 33.6 Å². The molecule has 2 amide bonds. The summed E-state index contributed by atoms with van der Waals surface area (Å²) in [6.45, 7) is 3.03. The average molecular weight is 395 g/mol. The molecule has 0 aromatic carbocycles. The van der Waals surface area contributed by atoms with Crippen LogP contribution in [-0.4, -0.2) is 47.9 Å². The Morgan fingerprint density at radius 2 is 2.08 bits per heavy atom. The maximum Gasteiger partial charge on any atom is 0.230 e. The molecular formula is C17H23BrN4O2. The Balaban J connectivity index is 1.57. The largest absolute Gasteiger partial charge is 0.342 e. The van der Waals surface area contributed by atoms with Gasteiger partial charge in [-0.05, 0) is 60.3 Å². The maximum absolute atomic E-state index is 12.7. The van der Waals surface area contributed by atoms with E-state index in [1.165, 1.54) is 0 Å². The molecule has 2 saturated heterocycles. The molecule has 2 unspecified atom stereocenters. The topological polar surface area (TPSA) is 74.3 Å². The molecule has 3 rings (SSSR count). The molecule has 2 atom stereocenters. The van der Waals surface area contributed by atoms with Crippen LogP contribution in [0.15, 0.2) is 22.8 Å². The second-order valence-corrected chi connectivity index (χ2v) is 7.43. The molecular weight excluding hydrogens is 372 g/mol. The lowest BCUT2D eigenvalue weighted by molar-refractivity contribution is -0.139. The molecule has 0 bridgehead atoms. The minimum atomic E-state index is -0.162. The number of hydrogen-bond donors (Lipinski definition) is 2. The number of hydrogen-bond acceptors (Lipinski definition) is 4. The number of aromatic nitrogens is 1. The highest BCUT2D eigenvalue weighted by molar-refractivity contribution is 9.10. The summed E-state index contributed by atoms with van der Waals surface area (Å²) in [5.74, 6) is 0.590. The van der Waals surface area contributed by atoms with Crippen molar-refractivity contribution in [3.8, 4) is 0 Å². The molecule has 2 N–H and O–H groups in total. The van der Waals surface area contributed by atoms with Crippen molar-refractivity contribution in [1.82, 2.24) is 15.2 Å². The quantitative estimate of drug-likeness (QED) is 0.822. The van der Waals surface area contributed by atoms with Gasteiger partial charge in [0.05, 0.1) is 11.8 Å². The smallest absolute Gasteiger partial charge is 0.230 e. The predicted octanol–water partition coefficient (Wildman–Crippen LogP) is 2.02. The lowest BCUT2D eigenvalue weighted by Gasteiger charge is -2.35. The van der Waals surface area contributed by atoms with Gasteiger partial charge in [-0.3, -0.25) is 9.59 Å². The number of halogens is 1. The predicted molar refractivity (Wildman–Crippen MR) is 95.5 cm³/mol. The molecule has 1 aromatic heterocycles. The first-order valence-corrected chi connectivity index (χ1v) is 9.34. The van der Waals surface area contributed by atoms with Gasteiger partial charge in [0.15, 0.2) is 0 Å². The molecule has 0 saturated carbocycles. The van der Waals surface area contributed by atoms with Crippen molar-refractivity contribution < 1.29 is 9.59 Å². The van der Waals surface area contributed by atoms with Crippen molar-refractivity contribution in [3.63, 3.8) is 0 Å². The van der Waals surface area contributed by atoms with Gasteiger partial charge in [0.2, 0.25) is 11.8 Å². The summed E-state index contributed by atoms with van der Waals surface area (Å²) in [5, 5.41) is 6.14. The molecule has 2 aliphatic rings. The van der Waals surface area contributed by atoms with E-state index in [1.807, 2.05) is 11.0 Å². The van der Waals surface area contributed by atoms with Crippen LogP contribution in [0.25, 0.3) is 0 Å². The van der Waals surface area contributed by atoms with Crippen molar-refractivity contribution in [1.29, 1.82) is 0 Å². The fraction of sp³-hybridized carbons (Fsp3) is 0.588. The van der Waals surface area contributed by atoms with Crippen molar-refractivity contribution in [2.75, 3.05) is 31.5 Å². The van der Waals surface area contributed by atoms with Crippen LogP contribution in [0.5, 0.6) is 0 Å². The Labute approximate surface area is 150 Å². The van der Waals surface area contributed by atoms with Crippen LogP contribution in [0.4, 0.5) is 5.82 Å². The Hall–Kier alpha value is -1.47. The van der Waals surface area contributed by atoms with Gasteiger partial charge in [-0.25, -0.2) is 4.98 Å². The fourth-order valence-corrected chi connectivity index (χ4v) is 3.62. The van der Waals surface area contributed by atoms with Crippen LogP contribution >= 0.6 is 15.9 Å². The zero-order chi connectivity index (χ0) is 16.9. The number of nitrogens with zero attached hydrogens (tertiary/aromatic N) is 2. The van der Waals surface area contributed by atoms with E-state index in [1.54, 1.807) is 12.3 Å². The first-order valence-electron chi connectivity index (χ1n) is 8.55. The molecule has 1 aromatic rings. The van der Waals surface area contributed by atoms with Crippen molar-refractivity contribution in [2.45, 2.75) is 25.7 Å². The summed E-state index contributed by atoms with van der Waals surface area (Å²) in [5.41, 5.74) is 0. The molecule has 2 aliphatic heterocycles. The van der Waals surface area contributed by atoms with E-state index in [0.29, 0.717) is 12.4 Å². The molecule has 3 heterocycles. The number of amides is 2. The summed E-state index contributed by atoms with van der Waals surface area (Å²) in [6.07, 6.45) is 5.33. The standard InChI is InChI=1S/C17H23BrN4O2/c18-14-5-6-15(20-10-14)21-16(23)13-4-2-8-22(11-13)17(24)12-3-1-7-19-9-12/h5-6,10,12-13,19H,1-4,7-9,11H2,(H,20,21,23). The van der Waals surface area contributed by atoms with Gasteiger partial charge in [0.1, 0.15) is 5.82 Å². The van der Waals surface area contributed by atoms with Gasteiger partial charge in [0.25, 0.3) is 0 Å². The Morgan fingerprint density at radius 1 is 1.25 bits per heavy atom. The second kappa shape index (κ2) is 8.07. The Kier molecular flexibility index (Phi) is 5.84. The third kappa shape index (κ3) is 4.33. The van der Waals surface area contributed by atoms with E-state index in [0.717, 1.165) is 49.8 Å². The number of rotatable bonds is 3. The van der Waals surface area contributed by atoms with Crippen molar-refractivity contribution in [2.24, 2.45) is 11.8 Å². The lowest BCUT2D eigenvalue weighted by atomic mass is 9.93. The first kappa shape index (κ1) is 17.4. The minimum Gasteiger partial charge on any atom is -0.342 e. The lowest BCUT2D eigenvalue weighted by Crippen LogP contribution is -2.48. The van der Waals surface area contributed by atoms with E-state index in [-0.39, 0.29) is 23.7 Å². The minimum absolute atomic E-state index is 0.0518. The van der Waals surface area contributed by atoms with Gasteiger partial charge >= 0.3 is 0 Å². The maximum atomic E-state index is 12.7. The summed E-state index contributed by atoms with van der Waals surface area (Å²) in [4.78, 5) is 31.2.